The zero-order chi connectivity index (χ0) is 17.2. The van der Waals surface area contributed by atoms with Crippen LogP contribution in [-0.4, -0.2) is 20.5 Å². The van der Waals surface area contributed by atoms with E-state index in [1.807, 2.05) is 0 Å². The number of halogens is 2. The summed E-state index contributed by atoms with van der Waals surface area (Å²) < 4.78 is 30.9. The summed E-state index contributed by atoms with van der Waals surface area (Å²) in [5.41, 5.74) is 0.561. The summed E-state index contributed by atoms with van der Waals surface area (Å²) in [7, 11) is -3.52. The van der Waals surface area contributed by atoms with E-state index in [9.17, 15) is 13.2 Å². The molecule has 0 aliphatic rings. The number of hydrogen-bond acceptors (Lipinski definition) is 4. The molecule has 0 saturated heterocycles. The Labute approximate surface area is 174 Å². The minimum absolute atomic E-state index is 0. The second kappa shape index (κ2) is 8.56. The van der Waals surface area contributed by atoms with Crippen LogP contribution in [0.2, 0.25) is 10.0 Å². The van der Waals surface area contributed by atoms with Gasteiger partial charge in [0.05, 0.1) is 17.0 Å². The van der Waals surface area contributed by atoms with Crippen LogP contribution in [0.4, 0.5) is 5.69 Å². The van der Waals surface area contributed by atoms with Gasteiger partial charge in [-0.25, -0.2) is 8.42 Å². The van der Waals surface area contributed by atoms with Crippen molar-refractivity contribution >= 4 is 44.7 Å². The van der Waals surface area contributed by atoms with Gasteiger partial charge in [-0.15, -0.1) is 0 Å². The molecule has 0 aliphatic heterocycles. The summed E-state index contributed by atoms with van der Waals surface area (Å²) in [6.07, 6.45) is 1.02. The van der Waals surface area contributed by atoms with Crippen molar-refractivity contribution in [2.75, 3.05) is 11.0 Å². The number of anilines is 1. The number of Topliss-reactive ketones (excluding diaryl/α,β-unsaturated/α-hetero) is 1. The van der Waals surface area contributed by atoms with Gasteiger partial charge in [0, 0.05) is 5.56 Å². The third kappa shape index (κ3) is 5.65. The van der Waals surface area contributed by atoms with Crippen LogP contribution in [-0.2, 0) is 10.0 Å². The Kier molecular flexibility index (Phi) is 7.59. The third-order valence-electron chi connectivity index (χ3n) is 2.82. The van der Waals surface area contributed by atoms with E-state index in [1.54, 1.807) is 18.2 Å². The molecule has 0 spiro atoms. The molecule has 2 rings (SSSR count). The maximum atomic E-state index is 11.5. The molecule has 24 heavy (non-hydrogen) atoms. The number of benzene rings is 2. The number of carbonyl (C=O) groups is 1. The van der Waals surface area contributed by atoms with Crippen molar-refractivity contribution in [3.63, 3.8) is 0 Å². The first-order valence-electron chi connectivity index (χ1n) is 6.42. The Morgan fingerprint density at radius 3 is 2.42 bits per heavy atom. The van der Waals surface area contributed by atoms with E-state index in [1.165, 1.54) is 25.1 Å². The van der Waals surface area contributed by atoms with Crippen molar-refractivity contribution in [2.24, 2.45) is 0 Å². The molecule has 124 valence electrons. The fourth-order valence-electron chi connectivity index (χ4n) is 1.79. The predicted molar refractivity (Wildman–Crippen MR) is 92.6 cm³/mol. The molecule has 0 bridgehead atoms. The van der Waals surface area contributed by atoms with Gasteiger partial charge in [-0.1, -0.05) is 29.3 Å². The first-order chi connectivity index (χ1) is 10.7. The van der Waals surface area contributed by atoms with Gasteiger partial charge in [0.15, 0.2) is 11.5 Å². The van der Waals surface area contributed by atoms with E-state index in [4.69, 9.17) is 27.9 Å². The molecule has 2 aromatic rings. The van der Waals surface area contributed by atoms with E-state index < -0.39 is 10.0 Å². The van der Waals surface area contributed by atoms with Crippen LogP contribution >= 0.6 is 23.2 Å². The van der Waals surface area contributed by atoms with Crippen molar-refractivity contribution in [1.29, 1.82) is 0 Å². The van der Waals surface area contributed by atoms with Crippen molar-refractivity contribution in [2.45, 2.75) is 6.92 Å². The number of carbonyl (C=O) groups excluding carboxylic acids is 1. The number of sulfonamides is 1. The van der Waals surface area contributed by atoms with Gasteiger partial charge >= 0.3 is 29.6 Å². The molecule has 0 saturated carbocycles. The molecule has 9 heteroatoms. The number of hydrogen-bond donors (Lipinski definition) is 1. The summed E-state index contributed by atoms with van der Waals surface area (Å²) in [6.45, 7) is 1.40. The second-order valence-electron chi connectivity index (χ2n) is 4.80. The molecule has 2 aromatic carbocycles. The molecular weight excluding hydrogens is 384 g/mol. The Hall–Kier alpha value is -0.760. The molecular formula is C15H14Cl2NNaO4S. The number of ketones is 1. The van der Waals surface area contributed by atoms with Crippen molar-refractivity contribution in [3.05, 3.63) is 52.0 Å². The van der Waals surface area contributed by atoms with Crippen LogP contribution in [0.3, 0.4) is 0 Å². The van der Waals surface area contributed by atoms with Crippen LogP contribution in [0.5, 0.6) is 11.5 Å². The van der Waals surface area contributed by atoms with Gasteiger partial charge < -0.3 is 6.16 Å². The third-order valence-corrected chi connectivity index (χ3v) is 4.21. The van der Waals surface area contributed by atoms with Gasteiger partial charge in [0.25, 0.3) is 0 Å². The van der Waals surface area contributed by atoms with Gasteiger partial charge in [-0.3, -0.25) is 9.52 Å². The minimum atomic E-state index is -3.52. The monoisotopic (exact) mass is 397 g/mol. The van der Waals surface area contributed by atoms with Crippen molar-refractivity contribution < 1.29 is 48.9 Å². The first kappa shape index (κ1) is 21.3. The van der Waals surface area contributed by atoms with E-state index in [-0.39, 0.29) is 59.0 Å². The van der Waals surface area contributed by atoms with Crippen molar-refractivity contribution in [3.8, 4) is 11.5 Å². The summed E-state index contributed by atoms with van der Waals surface area (Å²) in [5, 5.41) is 0.484. The average Bonchev–Trinajstić information content (AvgIpc) is 2.44. The van der Waals surface area contributed by atoms with E-state index >= 15 is 0 Å². The molecule has 0 aromatic heterocycles. The van der Waals surface area contributed by atoms with Crippen LogP contribution in [0.25, 0.3) is 0 Å². The average molecular weight is 398 g/mol. The molecule has 0 aliphatic carbocycles. The second-order valence-corrected chi connectivity index (χ2v) is 7.33. The van der Waals surface area contributed by atoms with Crippen LogP contribution < -0.4 is 39.0 Å². The standard InChI is InChI=1S/C15H13Cl2NO4S.Na.H/c1-9(19)10-6-7-12(18-23(2,20)21)14(8-10)22-13-5-3-4-11(16)15(13)17;;/h3-8,18H,1-2H3;;/q;+1;-1. The zero-order valence-electron chi connectivity index (χ0n) is 14.3. The Bertz CT molecular complexity index is 878. The largest absolute Gasteiger partial charge is 1.00 e. The van der Waals surface area contributed by atoms with Gasteiger partial charge in [0.2, 0.25) is 10.0 Å². The smallest absolute Gasteiger partial charge is 1.00 e. The molecule has 5 nitrogen and oxygen atoms in total. The molecule has 1 N–H and O–H groups in total. The molecule has 0 radical (unpaired) electrons. The summed E-state index contributed by atoms with van der Waals surface area (Å²) in [5.74, 6) is 0.210. The molecule has 0 amide bonds. The van der Waals surface area contributed by atoms with Gasteiger partial charge in [-0.2, -0.15) is 0 Å². The Morgan fingerprint density at radius 1 is 1.17 bits per heavy atom. The van der Waals surface area contributed by atoms with E-state index in [0.717, 1.165) is 6.26 Å². The molecule has 0 fully saturated rings. The topological polar surface area (TPSA) is 72.5 Å². The summed E-state index contributed by atoms with van der Waals surface area (Å²) in [4.78, 5) is 11.5. The maximum Gasteiger partial charge on any atom is 1.00 e. The van der Waals surface area contributed by atoms with E-state index in [2.05, 4.69) is 4.72 Å². The maximum absolute atomic E-state index is 11.5. The number of ether oxygens (including phenoxy) is 1. The minimum Gasteiger partial charge on any atom is -1.00 e. The normalized spacial score (nSPS) is 10.7. The Balaban J connectivity index is 0.00000288. The zero-order valence-corrected chi connectivity index (χ0v) is 17.6. The molecule has 0 unspecified atom stereocenters. The van der Waals surface area contributed by atoms with E-state index in [0.29, 0.717) is 10.6 Å². The summed E-state index contributed by atoms with van der Waals surface area (Å²) in [6, 6.07) is 9.21. The predicted octanol–water partition coefficient (Wildman–Crippen LogP) is 1.48. The van der Waals surface area contributed by atoms with Gasteiger partial charge in [-0.05, 0) is 37.3 Å². The Morgan fingerprint density at radius 2 is 1.83 bits per heavy atom. The van der Waals surface area contributed by atoms with Crippen LogP contribution in [0.15, 0.2) is 36.4 Å². The first-order valence-corrected chi connectivity index (χ1v) is 9.07. The molecule has 0 atom stereocenters. The fraction of sp³-hybridized carbons (Fsp3) is 0.133. The van der Waals surface area contributed by atoms with Gasteiger partial charge in [0.1, 0.15) is 10.8 Å². The number of nitrogens with one attached hydrogen (secondary N) is 1. The van der Waals surface area contributed by atoms with Crippen molar-refractivity contribution in [1.82, 2.24) is 0 Å². The number of rotatable bonds is 5. The fourth-order valence-corrected chi connectivity index (χ4v) is 2.69. The summed E-state index contributed by atoms with van der Waals surface area (Å²) >= 11 is 12.0. The van der Waals surface area contributed by atoms with Crippen LogP contribution in [0.1, 0.15) is 18.7 Å². The molecule has 0 heterocycles. The van der Waals surface area contributed by atoms with Crippen LogP contribution in [0, 0.1) is 0 Å². The quantitative estimate of drug-likeness (QED) is 0.612. The SMILES string of the molecule is CC(=O)c1ccc(NS(C)(=O)=O)c(Oc2cccc(Cl)c2Cl)c1.[H-].[Na+].